The van der Waals surface area contributed by atoms with E-state index >= 15 is 0 Å². The number of nitrogens with one attached hydrogen (secondary N) is 1. The van der Waals surface area contributed by atoms with Gasteiger partial charge in [-0.2, -0.15) is 0 Å². The Bertz CT molecular complexity index is 1020. The molecule has 4 rings (SSSR count). The Morgan fingerprint density at radius 1 is 1.08 bits per heavy atom. The first kappa shape index (κ1) is 15.4. The minimum Gasteiger partial charge on any atom is -0.324 e. The number of carbonyl (C=O) groups is 1. The van der Waals surface area contributed by atoms with Gasteiger partial charge in [0, 0.05) is 28.7 Å². The zero-order chi connectivity index (χ0) is 17.1. The maximum Gasteiger partial charge on any atom is 0.230 e. The summed E-state index contributed by atoms with van der Waals surface area (Å²) in [4.78, 5) is 25.2. The standard InChI is InChI=1S/C19H14N4OS/c24-18(10-15-11-25-12-21-15)22-17-3-1-2-14-4-5-16(23-19(14)17)13-6-8-20-9-7-13/h1-9,11-12H,10H2,(H,22,24). The molecule has 0 unspecified atom stereocenters. The predicted molar refractivity (Wildman–Crippen MR) is 99.4 cm³/mol. The molecule has 0 bridgehead atoms. The van der Waals surface area contributed by atoms with Gasteiger partial charge < -0.3 is 5.32 Å². The summed E-state index contributed by atoms with van der Waals surface area (Å²) in [6.07, 6.45) is 3.73. The number of hydrogen-bond donors (Lipinski definition) is 1. The van der Waals surface area contributed by atoms with Crippen molar-refractivity contribution in [1.82, 2.24) is 15.0 Å². The second-order valence-electron chi connectivity index (χ2n) is 5.51. The number of thiazole rings is 1. The van der Waals surface area contributed by atoms with Crippen molar-refractivity contribution in [2.24, 2.45) is 0 Å². The fourth-order valence-corrected chi connectivity index (χ4v) is 3.17. The number of rotatable bonds is 4. The summed E-state index contributed by atoms with van der Waals surface area (Å²) >= 11 is 1.48. The van der Waals surface area contributed by atoms with Gasteiger partial charge in [0.2, 0.25) is 5.91 Å². The number of benzene rings is 1. The average molecular weight is 346 g/mol. The lowest BCUT2D eigenvalue weighted by atomic mass is 10.1. The van der Waals surface area contributed by atoms with Gasteiger partial charge in [-0.1, -0.05) is 18.2 Å². The molecule has 0 aliphatic heterocycles. The highest BCUT2D eigenvalue weighted by atomic mass is 32.1. The Morgan fingerprint density at radius 2 is 1.96 bits per heavy atom. The van der Waals surface area contributed by atoms with Crippen molar-refractivity contribution in [1.29, 1.82) is 0 Å². The highest BCUT2D eigenvalue weighted by molar-refractivity contribution is 7.07. The summed E-state index contributed by atoms with van der Waals surface area (Å²) in [5.41, 5.74) is 5.80. The van der Waals surface area contributed by atoms with Crippen LogP contribution in [0.1, 0.15) is 5.69 Å². The zero-order valence-corrected chi connectivity index (χ0v) is 14.0. The van der Waals surface area contributed by atoms with Crippen molar-refractivity contribution >= 4 is 33.8 Å². The minimum atomic E-state index is -0.102. The molecule has 0 saturated carbocycles. The van der Waals surface area contributed by atoms with Gasteiger partial charge >= 0.3 is 0 Å². The number of anilines is 1. The van der Waals surface area contributed by atoms with E-state index in [-0.39, 0.29) is 12.3 Å². The first-order valence-corrected chi connectivity index (χ1v) is 8.71. The molecule has 0 atom stereocenters. The van der Waals surface area contributed by atoms with Crippen molar-refractivity contribution in [2.45, 2.75) is 6.42 Å². The number of hydrogen-bond acceptors (Lipinski definition) is 5. The maximum atomic E-state index is 12.3. The lowest BCUT2D eigenvalue weighted by Crippen LogP contribution is -2.15. The molecule has 3 aromatic heterocycles. The monoisotopic (exact) mass is 346 g/mol. The van der Waals surface area contributed by atoms with E-state index < -0.39 is 0 Å². The van der Waals surface area contributed by atoms with E-state index in [1.165, 1.54) is 11.3 Å². The summed E-state index contributed by atoms with van der Waals surface area (Å²) in [7, 11) is 0. The largest absolute Gasteiger partial charge is 0.324 e. The van der Waals surface area contributed by atoms with Crippen molar-refractivity contribution in [2.75, 3.05) is 5.32 Å². The van der Waals surface area contributed by atoms with Crippen LogP contribution in [0, 0.1) is 0 Å². The molecule has 0 aliphatic carbocycles. The van der Waals surface area contributed by atoms with Gasteiger partial charge in [-0.25, -0.2) is 9.97 Å². The fraction of sp³-hybridized carbons (Fsp3) is 0.0526. The topological polar surface area (TPSA) is 67.8 Å². The Hall–Kier alpha value is -3.12. The van der Waals surface area contributed by atoms with Gasteiger partial charge in [-0.05, 0) is 24.3 Å². The number of aromatic nitrogens is 3. The van der Waals surface area contributed by atoms with Crippen LogP contribution in [-0.2, 0) is 11.2 Å². The van der Waals surface area contributed by atoms with E-state index in [0.717, 1.165) is 27.9 Å². The van der Waals surface area contributed by atoms with Gasteiger partial charge in [0.15, 0.2) is 0 Å². The van der Waals surface area contributed by atoms with Crippen LogP contribution in [-0.4, -0.2) is 20.9 Å². The van der Waals surface area contributed by atoms with E-state index in [4.69, 9.17) is 4.98 Å². The van der Waals surface area contributed by atoms with Crippen molar-refractivity contribution < 1.29 is 4.79 Å². The minimum absolute atomic E-state index is 0.102. The molecule has 0 saturated heterocycles. The average Bonchev–Trinajstić information content (AvgIpc) is 3.15. The smallest absolute Gasteiger partial charge is 0.230 e. The van der Waals surface area contributed by atoms with Crippen LogP contribution >= 0.6 is 11.3 Å². The third-order valence-corrected chi connectivity index (χ3v) is 4.43. The summed E-state index contributed by atoms with van der Waals surface area (Å²) in [5.74, 6) is -0.102. The molecule has 122 valence electrons. The Balaban J connectivity index is 1.67. The molecule has 0 spiro atoms. The lowest BCUT2D eigenvalue weighted by Gasteiger charge is -2.09. The maximum absolute atomic E-state index is 12.3. The number of nitrogens with zero attached hydrogens (tertiary/aromatic N) is 3. The first-order valence-electron chi connectivity index (χ1n) is 7.77. The third kappa shape index (κ3) is 3.39. The van der Waals surface area contributed by atoms with Gasteiger partial charge in [0.25, 0.3) is 0 Å². The van der Waals surface area contributed by atoms with Crippen LogP contribution in [0.4, 0.5) is 5.69 Å². The highest BCUT2D eigenvalue weighted by Gasteiger charge is 2.10. The molecule has 1 aromatic carbocycles. The van der Waals surface area contributed by atoms with Gasteiger partial charge in [0.05, 0.1) is 34.5 Å². The van der Waals surface area contributed by atoms with Crippen molar-refractivity contribution in [3.05, 3.63) is 71.4 Å². The van der Waals surface area contributed by atoms with E-state index in [9.17, 15) is 4.79 Å². The molecular weight excluding hydrogens is 332 g/mol. The molecule has 3 heterocycles. The summed E-state index contributed by atoms with van der Waals surface area (Å²) in [5, 5.41) is 5.81. The highest BCUT2D eigenvalue weighted by Crippen LogP contribution is 2.25. The molecule has 4 aromatic rings. The SMILES string of the molecule is O=C(Cc1cscn1)Nc1cccc2ccc(-c3ccncc3)nc12. The van der Waals surface area contributed by atoms with Crippen LogP contribution in [0.25, 0.3) is 22.2 Å². The molecule has 1 amide bonds. The zero-order valence-electron chi connectivity index (χ0n) is 13.2. The second-order valence-corrected chi connectivity index (χ2v) is 6.23. The summed E-state index contributed by atoms with van der Waals surface area (Å²) in [6, 6.07) is 13.6. The van der Waals surface area contributed by atoms with Crippen LogP contribution in [0.3, 0.4) is 0 Å². The van der Waals surface area contributed by atoms with Crippen LogP contribution in [0.15, 0.2) is 65.7 Å². The molecule has 25 heavy (non-hydrogen) atoms. The van der Waals surface area contributed by atoms with E-state index in [2.05, 4.69) is 15.3 Å². The molecule has 0 radical (unpaired) electrons. The van der Waals surface area contributed by atoms with E-state index in [0.29, 0.717) is 5.69 Å². The number of para-hydroxylation sites is 1. The molecule has 0 fully saturated rings. The van der Waals surface area contributed by atoms with Crippen molar-refractivity contribution in [3.8, 4) is 11.3 Å². The van der Waals surface area contributed by atoms with Crippen LogP contribution in [0.2, 0.25) is 0 Å². The Labute approximate surface area is 148 Å². The van der Waals surface area contributed by atoms with Crippen LogP contribution in [0.5, 0.6) is 0 Å². The van der Waals surface area contributed by atoms with Gasteiger partial charge in [-0.15, -0.1) is 11.3 Å². The first-order chi connectivity index (χ1) is 12.3. The second kappa shape index (κ2) is 6.78. The van der Waals surface area contributed by atoms with Crippen LogP contribution < -0.4 is 5.32 Å². The number of fused-ring (bicyclic) bond motifs is 1. The quantitative estimate of drug-likeness (QED) is 0.608. The predicted octanol–water partition coefficient (Wildman–Crippen LogP) is 3.93. The van der Waals surface area contributed by atoms with E-state index in [1.807, 2.05) is 47.8 Å². The molecular formula is C19H14N4OS. The normalized spacial score (nSPS) is 10.7. The fourth-order valence-electron chi connectivity index (χ4n) is 2.62. The third-order valence-electron chi connectivity index (χ3n) is 3.80. The van der Waals surface area contributed by atoms with Gasteiger partial charge in [0.1, 0.15) is 0 Å². The lowest BCUT2D eigenvalue weighted by molar-refractivity contribution is -0.115. The van der Waals surface area contributed by atoms with Gasteiger partial charge in [-0.3, -0.25) is 9.78 Å². The summed E-state index contributed by atoms with van der Waals surface area (Å²) < 4.78 is 0. The summed E-state index contributed by atoms with van der Waals surface area (Å²) in [6.45, 7) is 0. The number of pyridine rings is 2. The number of amides is 1. The number of carbonyl (C=O) groups excluding carboxylic acids is 1. The van der Waals surface area contributed by atoms with E-state index in [1.54, 1.807) is 17.9 Å². The molecule has 1 N–H and O–H groups in total. The molecule has 5 nitrogen and oxygen atoms in total. The molecule has 6 heteroatoms. The van der Waals surface area contributed by atoms with Crippen molar-refractivity contribution in [3.63, 3.8) is 0 Å². The Kier molecular flexibility index (Phi) is 4.18. The molecule has 0 aliphatic rings. The Morgan fingerprint density at radius 3 is 2.76 bits per heavy atom.